The summed E-state index contributed by atoms with van der Waals surface area (Å²) in [6, 6.07) is 24.7. The van der Waals surface area contributed by atoms with Crippen molar-refractivity contribution in [2.24, 2.45) is 0 Å². The Morgan fingerprint density at radius 3 is 1.66 bits per heavy atom. The van der Waals surface area contributed by atoms with Gasteiger partial charge >= 0.3 is 19.6 Å². The van der Waals surface area contributed by atoms with Gasteiger partial charge in [-0.1, -0.05) is 61.5 Å². The third-order valence-electron chi connectivity index (χ3n) is 10.7. The van der Waals surface area contributed by atoms with Gasteiger partial charge in [-0.05, 0) is 61.2 Å². The van der Waals surface area contributed by atoms with Crippen LogP contribution in [0.15, 0.2) is 110 Å². The van der Waals surface area contributed by atoms with Gasteiger partial charge in [-0.2, -0.15) is 0 Å². The molecule has 0 aliphatic carbocycles. The van der Waals surface area contributed by atoms with Gasteiger partial charge in [0.2, 0.25) is 0 Å². The summed E-state index contributed by atoms with van der Waals surface area (Å²) in [6.45, 7) is 4.76. The molecule has 5 aromatic rings. The molecule has 7 atom stereocenters. The second-order valence-corrected chi connectivity index (χ2v) is 15.3. The lowest BCUT2D eigenvalue weighted by molar-refractivity contribution is -0.0974. The molecule has 2 fully saturated rings. The lowest BCUT2D eigenvalue weighted by Gasteiger charge is -2.39. The number of H-pyrrole nitrogens is 2. The predicted molar refractivity (Wildman–Crippen MR) is 215 cm³/mol. The second-order valence-electron chi connectivity index (χ2n) is 14.4. The van der Waals surface area contributed by atoms with E-state index in [1.807, 2.05) is 85.8 Å². The second kappa shape index (κ2) is 17.8. The highest BCUT2D eigenvalue weighted by atomic mass is 31.1. The van der Waals surface area contributed by atoms with Gasteiger partial charge in [0.05, 0.1) is 26.4 Å². The number of nitrogens with one attached hydrogen (secondary N) is 2. The minimum absolute atomic E-state index is 0.126. The minimum Gasteiger partial charge on any atom is -0.497 e. The first-order chi connectivity index (χ1) is 28.4. The topological polar surface area (TPSA) is 191 Å². The van der Waals surface area contributed by atoms with Gasteiger partial charge in [0.25, 0.3) is 11.1 Å². The normalized spacial score (nSPS) is 22.0. The minimum atomic E-state index is -2.78. The average molecular weight is 830 g/mol. The quantitative estimate of drug-likeness (QED) is 0.105. The van der Waals surface area contributed by atoms with E-state index in [1.54, 1.807) is 28.1 Å². The maximum Gasteiger partial charge on any atom is 0.697 e. The SMILES string of the molecule is CC[C@H]1O[C@@H](n2cc(C)c(=O)[nH]c2=O)CC1O[P+](=O)OC[C@H]1O[C@@H](n2cc(C)c(=O)[nH]c2=O)CC1OC(c1ccccc1)(c1ccc(OC)cc1)c1ccc(OC)cc1. The third kappa shape index (κ3) is 8.65. The monoisotopic (exact) mass is 829 g/mol. The van der Waals surface area contributed by atoms with E-state index < -0.39 is 73.2 Å². The highest BCUT2D eigenvalue weighted by Gasteiger charge is 2.48. The van der Waals surface area contributed by atoms with Crippen molar-refractivity contribution in [3.8, 4) is 11.5 Å². The molecule has 2 saturated heterocycles. The van der Waals surface area contributed by atoms with E-state index in [0.29, 0.717) is 29.0 Å². The number of hydrogen-bond donors (Lipinski definition) is 2. The van der Waals surface area contributed by atoms with Crippen LogP contribution in [0, 0.1) is 13.8 Å². The van der Waals surface area contributed by atoms with E-state index in [9.17, 15) is 23.7 Å². The zero-order valence-electron chi connectivity index (χ0n) is 33.2. The molecule has 7 rings (SSSR count). The molecule has 4 heterocycles. The molecule has 3 unspecified atom stereocenters. The number of rotatable bonds is 15. The number of hydrogen-bond acceptors (Lipinski definition) is 12. The van der Waals surface area contributed by atoms with E-state index in [4.69, 9.17) is 32.7 Å². The fraction of sp³-hybridized carbons (Fsp3) is 0.381. The van der Waals surface area contributed by atoms with Gasteiger partial charge in [0, 0.05) is 40.9 Å². The Balaban J connectivity index is 1.22. The number of aromatic nitrogens is 4. The van der Waals surface area contributed by atoms with Crippen molar-refractivity contribution in [1.29, 1.82) is 0 Å². The Hall–Kier alpha value is -5.48. The largest absolute Gasteiger partial charge is 0.697 e. The van der Waals surface area contributed by atoms with Crippen LogP contribution in [0.3, 0.4) is 0 Å². The molecule has 0 amide bonds. The van der Waals surface area contributed by atoms with Crippen molar-refractivity contribution in [2.75, 3.05) is 20.8 Å². The van der Waals surface area contributed by atoms with Crippen LogP contribution in [-0.2, 0) is 33.4 Å². The Bertz CT molecular complexity index is 2450. The van der Waals surface area contributed by atoms with Crippen LogP contribution in [0.2, 0.25) is 0 Å². The number of aryl methyl sites for hydroxylation is 2. The lowest BCUT2D eigenvalue weighted by Crippen LogP contribution is -2.41. The molecule has 2 aliphatic rings. The van der Waals surface area contributed by atoms with Crippen LogP contribution in [0.1, 0.15) is 66.5 Å². The molecule has 3 aromatic carbocycles. The van der Waals surface area contributed by atoms with Gasteiger partial charge in [-0.15, -0.1) is 9.05 Å². The number of ether oxygens (including phenoxy) is 5. The molecule has 17 heteroatoms. The van der Waals surface area contributed by atoms with Crippen LogP contribution >= 0.6 is 8.25 Å². The third-order valence-corrected chi connectivity index (χ3v) is 11.5. The van der Waals surface area contributed by atoms with E-state index >= 15 is 0 Å². The molecule has 0 bridgehead atoms. The van der Waals surface area contributed by atoms with Crippen molar-refractivity contribution in [1.82, 2.24) is 19.1 Å². The lowest BCUT2D eigenvalue weighted by atomic mass is 9.79. The zero-order valence-corrected chi connectivity index (χ0v) is 34.1. The van der Waals surface area contributed by atoms with E-state index in [1.165, 1.54) is 21.5 Å². The number of benzene rings is 3. The first-order valence-electron chi connectivity index (χ1n) is 19.2. The van der Waals surface area contributed by atoms with Gasteiger partial charge in [0.15, 0.2) is 0 Å². The smallest absolute Gasteiger partial charge is 0.497 e. The molecular weight excluding hydrogens is 783 g/mol. The summed E-state index contributed by atoms with van der Waals surface area (Å²) < 4.78 is 59.0. The summed E-state index contributed by atoms with van der Waals surface area (Å²) in [6.07, 6.45) is -1.02. The molecule has 0 radical (unpaired) electrons. The van der Waals surface area contributed by atoms with E-state index in [2.05, 4.69) is 9.97 Å². The highest BCUT2D eigenvalue weighted by Crippen LogP contribution is 2.46. The summed E-state index contributed by atoms with van der Waals surface area (Å²) >= 11 is 0. The van der Waals surface area contributed by atoms with Gasteiger partial charge in [0.1, 0.15) is 48.4 Å². The van der Waals surface area contributed by atoms with Crippen LogP contribution < -0.4 is 32.0 Å². The molecule has 2 aliphatic heterocycles. The Kier molecular flexibility index (Phi) is 12.6. The maximum absolute atomic E-state index is 13.6. The highest BCUT2D eigenvalue weighted by molar-refractivity contribution is 7.33. The molecule has 2 aromatic heterocycles. The molecule has 16 nitrogen and oxygen atoms in total. The predicted octanol–water partition coefficient (Wildman–Crippen LogP) is 5.14. The summed E-state index contributed by atoms with van der Waals surface area (Å²) in [4.78, 5) is 54.8. The molecule has 59 heavy (non-hydrogen) atoms. The zero-order chi connectivity index (χ0) is 41.8. The van der Waals surface area contributed by atoms with Gasteiger partial charge < -0.3 is 23.7 Å². The van der Waals surface area contributed by atoms with Crippen LogP contribution in [0.25, 0.3) is 0 Å². The Morgan fingerprint density at radius 2 is 1.17 bits per heavy atom. The number of nitrogens with zero attached hydrogens (tertiary/aromatic N) is 2. The maximum atomic E-state index is 13.6. The van der Waals surface area contributed by atoms with Crippen molar-refractivity contribution in [3.05, 3.63) is 161 Å². The van der Waals surface area contributed by atoms with Gasteiger partial charge in [-0.3, -0.25) is 28.7 Å². The first-order valence-corrected chi connectivity index (χ1v) is 20.3. The van der Waals surface area contributed by atoms with Crippen molar-refractivity contribution in [2.45, 2.75) is 82.5 Å². The molecule has 310 valence electrons. The van der Waals surface area contributed by atoms with E-state index in [0.717, 1.165) is 16.7 Å². The standard InChI is InChI=1S/C42H45N4O12P/c1-6-32-34(21-37(55-32)46-23-26(3)39(48)44-41(46)50)58-59(51)54-24-35-33(20-36(56-35)45-22-25(2)38(47)43-40(45)49)57-42(27-10-8-7-9-11-27,28-12-16-30(52-4)17-13-28)29-14-18-31(53-5)19-15-29/h7-19,22-23,32-37H,6,20-21,24H2,1-5H3,(H-,43,44,47,48,49,50)/p+1/t32-,33?,34?,35-,36-,37-/m1/s1. The Labute approximate surface area is 339 Å². The fourth-order valence-electron chi connectivity index (χ4n) is 7.62. The summed E-state index contributed by atoms with van der Waals surface area (Å²) in [5.41, 5.74) is -0.667. The summed E-state index contributed by atoms with van der Waals surface area (Å²) in [5, 5.41) is 0. The first kappa shape index (κ1) is 41.7. The van der Waals surface area contributed by atoms with Crippen molar-refractivity contribution in [3.63, 3.8) is 0 Å². The van der Waals surface area contributed by atoms with Crippen LogP contribution in [0.4, 0.5) is 0 Å². The van der Waals surface area contributed by atoms with E-state index in [-0.39, 0.29) is 19.4 Å². The number of methoxy groups -OCH3 is 2. The fourth-order valence-corrected chi connectivity index (χ4v) is 8.39. The molecule has 0 spiro atoms. The number of aromatic amines is 2. The van der Waals surface area contributed by atoms with Crippen LogP contribution in [-0.4, -0.2) is 64.3 Å². The average Bonchev–Trinajstić information content (AvgIpc) is 3.85. The van der Waals surface area contributed by atoms with Crippen LogP contribution in [0.5, 0.6) is 11.5 Å². The van der Waals surface area contributed by atoms with Gasteiger partial charge in [-0.25, -0.2) is 9.59 Å². The van der Waals surface area contributed by atoms with Crippen molar-refractivity contribution < 1.29 is 37.3 Å². The molecule has 2 N–H and O–H groups in total. The molecule has 0 saturated carbocycles. The molecular formula is C42H46N4O12P+. The summed E-state index contributed by atoms with van der Waals surface area (Å²) in [7, 11) is 0.394. The van der Waals surface area contributed by atoms with Crippen molar-refractivity contribution >= 4 is 8.25 Å². The summed E-state index contributed by atoms with van der Waals surface area (Å²) in [5.74, 6) is 1.28. The Morgan fingerprint density at radius 1 is 0.695 bits per heavy atom.